The van der Waals surface area contributed by atoms with Crippen LogP contribution in [0.2, 0.25) is 5.02 Å². The van der Waals surface area contributed by atoms with Crippen LogP contribution in [-0.4, -0.2) is 15.0 Å². The number of pyridine rings is 1. The highest BCUT2D eigenvalue weighted by atomic mass is 35.5. The first-order chi connectivity index (χ1) is 12.6. The van der Waals surface area contributed by atoms with Gasteiger partial charge in [0.1, 0.15) is 0 Å². The molecule has 0 spiro atoms. The number of aromatic nitrogens is 1. The van der Waals surface area contributed by atoms with Crippen molar-refractivity contribution in [1.82, 2.24) is 9.88 Å². The Balaban J connectivity index is 1.77. The standard InChI is InChI=1S/C21H20ClN3S/c1-16-5-7-17(8-6-16)14-25(15-20-4-2-3-13-23-20)21(26)24-19-11-9-18(22)10-12-19/h2-13H,14-15H2,1H3,(H,24,26). The number of aryl methyl sites for hydroxylation is 1. The van der Waals surface area contributed by atoms with Gasteiger partial charge in [0, 0.05) is 23.5 Å². The molecule has 0 radical (unpaired) electrons. The van der Waals surface area contributed by atoms with E-state index in [0.29, 0.717) is 23.2 Å². The fourth-order valence-electron chi connectivity index (χ4n) is 2.54. The van der Waals surface area contributed by atoms with Crippen LogP contribution in [0.15, 0.2) is 72.9 Å². The number of benzene rings is 2. The van der Waals surface area contributed by atoms with Gasteiger partial charge in [0.15, 0.2) is 5.11 Å². The zero-order valence-electron chi connectivity index (χ0n) is 14.5. The molecule has 0 fully saturated rings. The predicted octanol–water partition coefficient (Wildman–Crippen LogP) is 5.44. The second kappa shape index (κ2) is 8.79. The van der Waals surface area contributed by atoms with Crippen molar-refractivity contribution in [1.29, 1.82) is 0 Å². The van der Waals surface area contributed by atoms with Crippen molar-refractivity contribution in [3.63, 3.8) is 0 Å². The van der Waals surface area contributed by atoms with Crippen molar-refractivity contribution in [3.05, 3.63) is 94.8 Å². The van der Waals surface area contributed by atoms with Gasteiger partial charge in [-0.05, 0) is 61.1 Å². The third-order valence-electron chi connectivity index (χ3n) is 3.96. The molecular formula is C21H20ClN3S. The topological polar surface area (TPSA) is 28.2 Å². The Labute approximate surface area is 164 Å². The number of hydrogen-bond donors (Lipinski definition) is 1. The van der Waals surface area contributed by atoms with Crippen LogP contribution in [0.25, 0.3) is 0 Å². The zero-order chi connectivity index (χ0) is 18.4. The quantitative estimate of drug-likeness (QED) is 0.595. The van der Waals surface area contributed by atoms with Gasteiger partial charge in [-0.1, -0.05) is 47.5 Å². The van der Waals surface area contributed by atoms with Gasteiger partial charge in [-0.25, -0.2) is 0 Å². The number of nitrogens with zero attached hydrogens (tertiary/aromatic N) is 2. The van der Waals surface area contributed by atoms with Crippen LogP contribution in [-0.2, 0) is 13.1 Å². The first-order valence-corrected chi connectivity index (χ1v) is 9.16. The average molecular weight is 382 g/mol. The predicted molar refractivity (Wildman–Crippen MR) is 112 cm³/mol. The molecule has 3 aromatic rings. The first-order valence-electron chi connectivity index (χ1n) is 8.37. The maximum absolute atomic E-state index is 5.96. The molecule has 0 aliphatic rings. The molecule has 0 saturated carbocycles. The number of rotatable bonds is 5. The first kappa shape index (κ1) is 18.4. The Kier molecular flexibility index (Phi) is 6.21. The Morgan fingerprint density at radius 2 is 1.73 bits per heavy atom. The van der Waals surface area contributed by atoms with Crippen LogP contribution in [0.1, 0.15) is 16.8 Å². The van der Waals surface area contributed by atoms with Gasteiger partial charge in [0.2, 0.25) is 0 Å². The average Bonchev–Trinajstić information content (AvgIpc) is 2.65. The second-order valence-corrected chi connectivity index (χ2v) is 6.92. The summed E-state index contributed by atoms with van der Waals surface area (Å²) in [6.07, 6.45) is 1.80. The molecule has 3 nitrogen and oxygen atoms in total. The minimum absolute atomic E-state index is 0.633. The van der Waals surface area contributed by atoms with E-state index < -0.39 is 0 Å². The molecular weight excluding hydrogens is 362 g/mol. The highest BCUT2D eigenvalue weighted by Crippen LogP contribution is 2.16. The van der Waals surface area contributed by atoms with Crippen LogP contribution in [0.3, 0.4) is 0 Å². The second-order valence-electron chi connectivity index (χ2n) is 6.10. The summed E-state index contributed by atoms with van der Waals surface area (Å²) < 4.78 is 0. The van der Waals surface area contributed by atoms with Crippen molar-refractivity contribution in [2.75, 3.05) is 5.32 Å². The minimum Gasteiger partial charge on any atom is -0.339 e. The molecule has 0 unspecified atom stereocenters. The van der Waals surface area contributed by atoms with E-state index in [4.69, 9.17) is 23.8 Å². The number of nitrogens with one attached hydrogen (secondary N) is 1. The molecule has 5 heteroatoms. The van der Waals surface area contributed by atoms with E-state index in [1.54, 1.807) is 6.20 Å². The SMILES string of the molecule is Cc1ccc(CN(Cc2ccccn2)C(=S)Nc2ccc(Cl)cc2)cc1. The Morgan fingerprint density at radius 1 is 1.00 bits per heavy atom. The third-order valence-corrected chi connectivity index (χ3v) is 4.57. The van der Waals surface area contributed by atoms with Gasteiger partial charge < -0.3 is 10.2 Å². The van der Waals surface area contributed by atoms with Gasteiger partial charge in [-0.2, -0.15) is 0 Å². The fraction of sp³-hybridized carbons (Fsp3) is 0.143. The summed E-state index contributed by atoms with van der Waals surface area (Å²) in [5, 5.41) is 4.64. The van der Waals surface area contributed by atoms with E-state index in [9.17, 15) is 0 Å². The van der Waals surface area contributed by atoms with E-state index in [1.165, 1.54) is 11.1 Å². The highest BCUT2D eigenvalue weighted by Gasteiger charge is 2.12. The Morgan fingerprint density at radius 3 is 2.38 bits per heavy atom. The van der Waals surface area contributed by atoms with Crippen LogP contribution in [0, 0.1) is 6.92 Å². The molecule has 0 aliphatic carbocycles. The van der Waals surface area contributed by atoms with Crippen LogP contribution >= 0.6 is 23.8 Å². The van der Waals surface area contributed by atoms with E-state index >= 15 is 0 Å². The lowest BCUT2D eigenvalue weighted by atomic mass is 10.1. The lowest BCUT2D eigenvalue weighted by Gasteiger charge is -2.26. The number of anilines is 1. The summed E-state index contributed by atoms with van der Waals surface area (Å²) in [5.74, 6) is 0. The lowest BCUT2D eigenvalue weighted by Crippen LogP contribution is -2.34. The molecule has 1 aromatic heterocycles. The molecule has 2 aromatic carbocycles. The molecule has 1 heterocycles. The largest absolute Gasteiger partial charge is 0.339 e. The van der Waals surface area contributed by atoms with Crippen LogP contribution in [0.5, 0.6) is 0 Å². The van der Waals surface area contributed by atoms with Crippen LogP contribution < -0.4 is 5.32 Å². The summed E-state index contributed by atoms with van der Waals surface area (Å²) in [4.78, 5) is 6.54. The molecule has 3 rings (SSSR count). The molecule has 1 N–H and O–H groups in total. The molecule has 132 valence electrons. The third kappa shape index (κ3) is 5.28. The molecule has 0 saturated heterocycles. The summed E-state index contributed by atoms with van der Waals surface area (Å²) in [7, 11) is 0. The van der Waals surface area contributed by atoms with E-state index in [1.807, 2.05) is 42.5 Å². The van der Waals surface area contributed by atoms with Crippen LogP contribution in [0.4, 0.5) is 5.69 Å². The smallest absolute Gasteiger partial charge is 0.174 e. The molecule has 26 heavy (non-hydrogen) atoms. The van der Waals surface area contributed by atoms with Gasteiger partial charge in [-0.15, -0.1) is 0 Å². The fourth-order valence-corrected chi connectivity index (χ4v) is 2.91. The van der Waals surface area contributed by atoms with E-state index in [2.05, 4.69) is 46.4 Å². The van der Waals surface area contributed by atoms with Crippen molar-refractivity contribution < 1.29 is 0 Å². The Hall–Kier alpha value is -2.43. The van der Waals surface area contributed by atoms with Gasteiger partial charge in [0.05, 0.1) is 12.2 Å². The van der Waals surface area contributed by atoms with Gasteiger partial charge in [0.25, 0.3) is 0 Å². The van der Waals surface area contributed by atoms with Crippen molar-refractivity contribution >= 4 is 34.6 Å². The van der Waals surface area contributed by atoms with E-state index in [0.717, 1.165) is 11.4 Å². The highest BCUT2D eigenvalue weighted by molar-refractivity contribution is 7.80. The van der Waals surface area contributed by atoms with Gasteiger partial charge >= 0.3 is 0 Å². The Bertz CT molecular complexity index is 849. The number of hydrogen-bond acceptors (Lipinski definition) is 2. The normalized spacial score (nSPS) is 10.4. The zero-order valence-corrected chi connectivity index (χ0v) is 16.1. The summed E-state index contributed by atoms with van der Waals surface area (Å²) >= 11 is 11.6. The molecule has 0 atom stereocenters. The monoisotopic (exact) mass is 381 g/mol. The summed E-state index contributed by atoms with van der Waals surface area (Å²) in [6, 6.07) is 21.9. The molecule has 0 aliphatic heterocycles. The number of thiocarbonyl (C=S) groups is 1. The van der Waals surface area contributed by atoms with Crippen molar-refractivity contribution in [2.24, 2.45) is 0 Å². The molecule has 0 bridgehead atoms. The maximum Gasteiger partial charge on any atom is 0.174 e. The van der Waals surface area contributed by atoms with E-state index in [-0.39, 0.29) is 0 Å². The van der Waals surface area contributed by atoms with Crippen molar-refractivity contribution in [2.45, 2.75) is 20.0 Å². The summed E-state index contributed by atoms with van der Waals surface area (Å²) in [5.41, 5.74) is 4.33. The lowest BCUT2D eigenvalue weighted by molar-refractivity contribution is 0.407. The number of halogens is 1. The maximum atomic E-state index is 5.96. The minimum atomic E-state index is 0.633. The summed E-state index contributed by atoms with van der Waals surface area (Å²) in [6.45, 7) is 3.42. The van der Waals surface area contributed by atoms with Crippen molar-refractivity contribution in [3.8, 4) is 0 Å². The molecule has 0 amide bonds. The van der Waals surface area contributed by atoms with Gasteiger partial charge in [-0.3, -0.25) is 4.98 Å².